The number of benzene rings is 3. The highest BCUT2D eigenvalue weighted by molar-refractivity contribution is 7.92. The smallest absolute Gasteiger partial charge is 0.455 e. The number of para-hydroxylation sites is 3. The molecular weight excluding hydrogens is 617 g/mol. The summed E-state index contributed by atoms with van der Waals surface area (Å²) in [7, 11) is -3.28. The molecule has 1 heterocycles. The molecule has 4 rings (SSSR count). The van der Waals surface area contributed by atoms with Crippen LogP contribution in [0.2, 0.25) is 0 Å². The lowest BCUT2D eigenvalue weighted by Gasteiger charge is -2.24. The van der Waals surface area contributed by atoms with Crippen molar-refractivity contribution < 1.29 is 45.4 Å². The number of piperidine rings is 1. The number of nitrogens with one attached hydrogen (secondary N) is 3. The van der Waals surface area contributed by atoms with Gasteiger partial charge in [0.1, 0.15) is 11.5 Å². The molecule has 0 bridgehead atoms. The molecule has 3 aromatic carbocycles. The maximum atomic E-state index is 13.3. The van der Waals surface area contributed by atoms with Crippen LogP contribution in [0.5, 0.6) is 17.2 Å². The number of carbonyl (C=O) groups excluding carboxylic acids is 3. The lowest BCUT2D eigenvalue weighted by molar-refractivity contribution is -0.189. The van der Waals surface area contributed by atoms with Gasteiger partial charge in [-0.15, -0.1) is 0 Å². The molecule has 0 spiro atoms. The molecule has 0 aliphatic carbocycles. The van der Waals surface area contributed by atoms with Gasteiger partial charge in [-0.2, -0.15) is 13.2 Å². The summed E-state index contributed by atoms with van der Waals surface area (Å²) in [5.41, 5.74) is -0.557. The van der Waals surface area contributed by atoms with Crippen LogP contribution in [-0.4, -0.2) is 70.5 Å². The van der Waals surface area contributed by atoms with Crippen molar-refractivity contribution in [3.05, 3.63) is 78.4 Å². The lowest BCUT2D eigenvalue weighted by atomic mass is 9.98. The largest absolute Gasteiger partial charge is 0.491 e. The van der Waals surface area contributed by atoms with Crippen LogP contribution < -0.4 is 24.8 Å². The summed E-state index contributed by atoms with van der Waals surface area (Å²) < 4.78 is 78.5. The third-order valence-electron chi connectivity index (χ3n) is 6.80. The summed E-state index contributed by atoms with van der Waals surface area (Å²) in [4.78, 5) is 37.7. The molecule has 1 aliphatic rings. The van der Waals surface area contributed by atoms with E-state index in [2.05, 4.69) is 20.1 Å². The molecule has 2 amide bonds. The van der Waals surface area contributed by atoms with Gasteiger partial charge in [-0.05, 0) is 68.2 Å². The second-order valence-corrected chi connectivity index (χ2v) is 11.9. The maximum absolute atomic E-state index is 13.3. The minimum atomic E-state index is -5.44. The molecule has 0 radical (unpaired) electrons. The topological polar surface area (TPSA) is 143 Å². The molecule has 0 aromatic heterocycles. The van der Waals surface area contributed by atoms with E-state index in [1.807, 2.05) is 0 Å². The monoisotopic (exact) mass is 648 g/mol. The van der Waals surface area contributed by atoms with E-state index in [0.717, 1.165) is 43.0 Å². The maximum Gasteiger partial charge on any atom is 0.491 e. The summed E-state index contributed by atoms with van der Waals surface area (Å²) in [6, 6.07) is 17.0. The zero-order valence-electron chi connectivity index (χ0n) is 24.1. The van der Waals surface area contributed by atoms with Gasteiger partial charge in [0.15, 0.2) is 5.75 Å². The Morgan fingerprint density at radius 3 is 2.31 bits per heavy atom. The number of nitrogens with zero attached hydrogens (tertiary/aromatic N) is 1. The number of ether oxygens (including phenoxy) is 2. The van der Waals surface area contributed by atoms with E-state index < -0.39 is 56.7 Å². The van der Waals surface area contributed by atoms with Crippen molar-refractivity contribution >= 4 is 33.5 Å². The van der Waals surface area contributed by atoms with Crippen LogP contribution in [-0.2, 0) is 19.6 Å². The second kappa shape index (κ2) is 14.4. The zero-order valence-corrected chi connectivity index (χ0v) is 24.9. The van der Waals surface area contributed by atoms with Gasteiger partial charge < -0.3 is 25.0 Å². The number of carbonyl (C=O) groups is 3. The fraction of sp³-hybridized carbons (Fsp3) is 0.300. The van der Waals surface area contributed by atoms with Crippen LogP contribution >= 0.6 is 0 Å². The number of alkyl halides is 3. The predicted octanol–water partition coefficient (Wildman–Crippen LogP) is 3.94. The molecule has 1 saturated heterocycles. The van der Waals surface area contributed by atoms with Crippen molar-refractivity contribution in [1.29, 1.82) is 0 Å². The van der Waals surface area contributed by atoms with E-state index in [1.165, 1.54) is 25.2 Å². The summed E-state index contributed by atoms with van der Waals surface area (Å²) in [6.45, 7) is 1.60. The molecule has 1 fully saturated rings. The number of esters is 1. The molecule has 15 heteroatoms. The standard InChI is InChI=1S/C30H31F3N4O7S/c1-37(19-27(38)35-18-20-13-15-34-16-14-20)28(39)23-12-11-22(17-26(23)44-29(40)30(31,32)33)45(41,42)36-24-9-5-6-10-25(24)43-21-7-3-2-4-8-21/h2-12,17,20,34,36H,13-16,18-19H2,1H3,(H,35,38). The summed E-state index contributed by atoms with van der Waals surface area (Å²) in [5, 5.41) is 5.95. The number of amides is 2. The number of hydrogen-bond acceptors (Lipinski definition) is 8. The Morgan fingerprint density at radius 2 is 1.62 bits per heavy atom. The Labute approximate surface area is 257 Å². The van der Waals surface area contributed by atoms with Gasteiger partial charge >= 0.3 is 12.1 Å². The Morgan fingerprint density at radius 1 is 0.956 bits per heavy atom. The second-order valence-electron chi connectivity index (χ2n) is 10.2. The fourth-order valence-electron chi connectivity index (χ4n) is 4.44. The first-order chi connectivity index (χ1) is 21.3. The Balaban J connectivity index is 1.55. The van der Waals surface area contributed by atoms with Gasteiger partial charge in [0.05, 0.1) is 22.7 Å². The summed E-state index contributed by atoms with van der Waals surface area (Å²) in [5.74, 6) is -4.29. The minimum Gasteiger partial charge on any atom is -0.455 e. The van der Waals surface area contributed by atoms with Gasteiger partial charge in [0.2, 0.25) is 5.91 Å². The quantitative estimate of drug-likeness (QED) is 0.210. The highest BCUT2D eigenvalue weighted by Gasteiger charge is 2.42. The van der Waals surface area contributed by atoms with Crippen LogP contribution in [0, 0.1) is 5.92 Å². The molecule has 0 saturated carbocycles. The van der Waals surface area contributed by atoms with Gasteiger partial charge in [-0.25, -0.2) is 13.2 Å². The third kappa shape index (κ3) is 9.18. The normalized spacial score (nSPS) is 13.9. The molecule has 0 atom stereocenters. The molecule has 11 nitrogen and oxygen atoms in total. The van der Waals surface area contributed by atoms with Gasteiger partial charge in [-0.1, -0.05) is 30.3 Å². The van der Waals surface area contributed by atoms with E-state index in [9.17, 15) is 36.0 Å². The van der Waals surface area contributed by atoms with Crippen LogP contribution in [0.25, 0.3) is 0 Å². The van der Waals surface area contributed by atoms with Crippen molar-refractivity contribution in [2.24, 2.45) is 5.92 Å². The first kappa shape index (κ1) is 33.3. The fourth-order valence-corrected chi connectivity index (χ4v) is 5.53. The zero-order chi connectivity index (χ0) is 32.6. The third-order valence-corrected chi connectivity index (χ3v) is 8.17. The van der Waals surface area contributed by atoms with E-state index in [0.29, 0.717) is 18.4 Å². The number of likely N-dealkylation sites (N-methyl/N-ethyl adjacent to an activating group) is 1. The SMILES string of the molecule is CN(CC(=O)NCC1CCNCC1)C(=O)c1ccc(S(=O)(=O)Nc2ccccc2Oc2ccccc2)cc1OC(=O)C(F)(F)F. The minimum absolute atomic E-state index is 0.00516. The molecule has 45 heavy (non-hydrogen) atoms. The average Bonchev–Trinajstić information content (AvgIpc) is 3.01. The van der Waals surface area contributed by atoms with Crippen molar-refractivity contribution in [3.8, 4) is 17.2 Å². The molecule has 1 aliphatic heterocycles. The average molecular weight is 649 g/mol. The number of halogens is 3. The highest BCUT2D eigenvalue weighted by atomic mass is 32.2. The Bertz CT molecular complexity index is 1630. The molecule has 240 valence electrons. The molecule has 0 unspecified atom stereocenters. The van der Waals surface area contributed by atoms with Gasteiger partial charge in [0.25, 0.3) is 15.9 Å². The van der Waals surface area contributed by atoms with Gasteiger partial charge in [-0.3, -0.25) is 14.3 Å². The van der Waals surface area contributed by atoms with Crippen LogP contribution in [0.15, 0.2) is 77.7 Å². The number of sulfonamides is 1. The predicted molar refractivity (Wildman–Crippen MR) is 157 cm³/mol. The summed E-state index contributed by atoms with van der Waals surface area (Å²) in [6.07, 6.45) is -3.70. The molecule has 3 N–H and O–H groups in total. The van der Waals surface area contributed by atoms with E-state index in [-0.39, 0.29) is 17.4 Å². The van der Waals surface area contributed by atoms with E-state index >= 15 is 0 Å². The van der Waals surface area contributed by atoms with E-state index in [4.69, 9.17) is 4.74 Å². The van der Waals surface area contributed by atoms with Gasteiger partial charge in [0, 0.05) is 19.7 Å². The van der Waals surface area contributed by atoms with Crippen molar-refractivity contribution in [3.63, 3.8) is 0 Å². The number of rotatable bonds is 11. The van der Waals surface area contributed by atoms with Crippen molar-refractivity contribution in [1.82, 2.24) is 15.5 Å². The van der Waals surface area contributed by atoms with Crippen LogP contribution in [0.4, 0.5) is 18.9 Å². The Hall–Kier alpha value is -4.63. The Kier molecular flexibility index (Phi) is 10.7. The van der Waals surface area contributed by atoms with Crippen LogP contribution in [0.3, 0.4) is 0 Å². The lowest BCUT2D eigenvalue weighted by Crippen LogP contribution is -2.41. The molecule has 3 aromatic rings. The molecular formula is C30H31F3N4O7S. The highest BCUT2D eigenvalue weighted by Crippen LogP contribution is 2.33. The first-order valence-electron chi connectivity index (χ1n) is 13.8. The number of hydrogen-bond donors (Lipinski definition) is 3. The number of anilines is 1. The summed E-state index contributed by atoms with van der Waals surface area (Å²) >= 11 is 0. The van der Waals surface area contributed by atoms with E-state index in [1.54, 1.807) is 36.4 Å². The van der Waals surface area contributed by atoms with Crippen molar-refractivity contribution in [2.45, 2.75) is 23.9 Å². The first-order valence-corrected chi connectivity index (χ1v) is 15.3. The van der Waals surface area contributed by atoms with Crippen molar-refractivity contribution in [2.75, 3.05) is 37.9 Å². The van der Waals surface area contributed by atoms with Crippen LogP contribution in [0.1, 0.15) is 23.2 Å².